The maximum atomic E-state index is 13.4. The molecule has 2 amide bonds. The molecule has 0 aliphatic heterocycles. The quantitative estimate of drug-likeness (QED) is 0.214. The van der Waals surface area contributed by atoms with E-state index in [0.29, 0.717) is 47.6 Å². The molecular weight excluding hydrogens is 504 g/mol. The number of nitrogens with one attached hydrogen (secondary N) is 3. The van der Waals surface area contributed by atoms with Gasteiger partial charge in [-0.05, 0) is 63.3 Å². The average Bonchev–Trinajstić information content (AvgIpc) is 3.28. The molecule has 1 unspecified atom stereocenters. The minimum Gasteiger partial charge on any atom is -0.442 e. The molecule has 210 valence electrons. The van der Waals surface area contributed by atoms with Gasteiger partial charge < -0.3 is 14.6 Å². The number of hydrazine groups is 1. The summed E-state index contributed by atoms with van der Waals surface area (Å²) in [6.07, 6.45) is 0.984. The fourth-order valence-corrected chi connectivity index (χ4v) is 4.68. The van der Waals surface area contributed by atoms with Gasteiger partial charge in [0.2, 0.25) is 17.6 Å². The molecule has 0 radical (unpaired) electrons. The number of nitrogens with zero attached hydrogens (tertiary/aromatic N) is 3. The second-order valence-corrected chi connectivity index (χ2v) is 10.3. The summed E-state index contributed by atoms with van der Waals surface area (Å²) in [5.74, 6) is 0.629. The van der Waals surface area contributed by atoms with Crippen molar-refractivity contribution in [3.63, 3.8) is 0 Å². The number of anilines is 3. The van der Waals surface area contributed by atoms with E-state index >= 15 is 0 Å². The van der Waals surface area contributed by atoms with Crippen LogP contribution in [0.1, 0.15) is 67.8 Å². The van der Waals surface area contributed by atoms with Crippen LogP contribution in [0.15, 0.2) is 59.0 Å². The van der Waals surface area contributed by atoms with Gasteiger partial charge in [0.15, 0.2) is 0 Å². The van der Waals surface area contributed by atoms with Crippen molar-refractivity contribution in [3.8, 4) is 0 Å². The zero-order valence-electron chi connectivity index (χ0n) is 24.0. The third kappa shape index (κ3) is 6.42. The van der Waals surface area contributed by atoms with Gasteiger partial charge in [0.1, 0.15) is 11.6 Å². The van der Waals surface area contributed by atoms with E-state index < -0.39 is 11.8 Å². The highest BCUT2D eigenvalue weighted by Gasteiger charge is 2.27. The molecule has 3 N–H and O–H groups in total. The van der Waals surface area contributed by atoms with Gasteiger partial charge in [-0.15, -0.1) is 0 Å². The van der Waals surface area contributed by atoms with Crippen LogP contribution in [0.2, 0.25) is 0 Å². The molecule has 0 saturated carbocycles. The summed E-state index contributed by atoms with van der Waals surface area (Å²) in [6.45, 7) is 13.2. The van der Waals surface area contributed by atoms with Gasteiger partial charge in [0.05, 0.1) is 16.9 Å². The zero-order chi connectivity index (χ0) is 28.8. The van der Waals surface area contributed by atoms with Gasteiger partial charge in [-0.25, -0.2) is 0 Å². The van der Waals surface area contributed by atoms with Crippen molar-refractivity contribution < 1.29 is 14.0 Å². The second kappa shape index (κ2) is 12.6. The fraction of sp³-hybridized carbons (Fsp3) is 0.355. The number of carbonyl (C=O) groups excluding carboxylic acids is 2. The van der Waals surface area contributed by atoms with E-state index in [2.05, 4.69) is 35.0 Å². The van der Waals surface area contributed by atoms with Crippen LogP contribution in [0.4, 0.5) is 17.5 Å². The van der Waals surface area contributed by atoms with Crippen molar-refractivity contribution >= 4 is 40.4 Å². The molecule has 2 heterocycles. The topological polar surface area (TPSA) is 112 Å². The van der Waals surface area contributed by atoms with Crippen molar-refractivity contribution in [2.24, 2.45) is 5.92 Å². The van der Waals surface area contributed by atoms with Gasteiger partial charge in [-0.2, -0.15) is 9.97 Å². The predicted octanol–water partition coefficient (Wildman–Crippen LogP) is 5.88. The number of benzene rings is 2. The first kappa shape index (κ1) is 28.6. The Bertz CT molecular complexity index is 1460. The number of hydrogen-bond donors (Lipinski definition) is 3. The van der Waals surface area contributed by atoms with Crippen molar-refractivity contribution in [2.45, 2.75) is 53.9 Å². The predicted molar refractivity (Wildman–Crippen MR) is 159 cm³/mol. The van der Waals surface area contributed by atoms with Crippen molar-refractivity contribution in [1.29, 1.82) is 0 Å². The minimum atomic E-state index is -0.496. The number of para-hydroxylation sites is 1. The molecule has 4 aromatic rings. The number of hydrogen-bond acceptors (Lipinski definition) is 7. The van der Waals surface area contributed by atoms with Crippen LogP contribution in [0.5, 0.6) is 0 Å². The Morgan fingerprint density at radius 3 is 2.23 bits per heavy atom. The highest BCUT2D eigenvalue weighted by atomic mass is 16.3. The first-order valence-electron chi connectivity index (χ1n) is 13.8. The molecule has 0 fully saturated rings. The molecule has 2 aromatic heterocycles. The smallest absolute Gasteiger partial charge is 0.274 e. The lowest BCUT2D eigenvalue weighted by Gasteiger charge is -2.21. The van der Waals surface area contributed by atoms with Gasteiger partial charge >= 0.3 is 0 Å². The van der Waals surface area contributed by atoms with Crippen molar-refractivity contribution in [1.82, 2.24) is 20.8 Å². The number of aryl methyl sites for hydroxylation is 1. The summed E-state index contributed by atoms with van der Waals surface area (Å²) >= 11 is 0. The molecular formula is C31H38N6O3. The first-order chi connectivity index (χ1) is 19.2. The number of carbonyl (C=O) groups is 2. The molecule has 1 atom stereocenters. The normalized spacial score (nSPS) is 11.9. The van der Waals surface area contributed by atoms with Gasteiger partial charge in [-0.1, -0.05) is 56.3 Å². The third-order valence-electron chi connectivity index (χ3n) is 6.84. The van der Waals surface area contributed by atoms with E-state index in [1.807, 2.05) is 80.3 Å². The summed E-state index contributed by atoms with van der Waals surface area (Å²) in [7, 11) is 0. The number of rotatable bonds is 10. The van der Waals surface area contributed by atoms with E-state index in [0.717, 1.165) is 17.7 Å². The summed E-state index contributed by atoms with van der Waals surface area (Å²) in [4.78, 5) is 37.7. The minimum absolute atomic E-state index is 0.286. The molecule has 0 aliphatic carbocycles. The van der Waals surface area contributed by atoms with Crippen LogP contribution in [0.3, 0.4) is 0 Å². The van der Waals surface area contributed by atoms with Gasteiger partial charge in [0, 0.05) is 18.8 Å². The molecule has 40 heavy (non-hydrogen) atoms. The van der Waals surface area contributed by atoms with Gasteiger partial charge in [0.25, 0.3) is 5.91 Å². The van der Waals surface area contributed by atoms with Crippen molar-refractivity contribution in [3.05, 3.63) is 77.0 Å². The Hall–Kier alpha value is -4.40. The van der Waals surface area contributed by atoms with Crippen LogP contribution in [-0.2, 0) is 11.2 Å². The summed E-state index contributed by atoms with van der Waals surface area (Å²) < 4.78 is 5.95. The molecule has 0 saturated heterocycles. The first-order valence-corrected chi connectivity index (χ1v) is 13.8. The molecule has 9 nitrogen and oxygen atoms in total. The Morgan fingerprint density at radius 1 is 0.925 bits per heavy atom. The van der Waals surface area contributed by atoms with E-state index in [9.17, 15) is 9.59 Å². The molecule has 9 heteroatoms. The van der Waals surface area contributed by atoms with E-state index in [4.69, 9.17) is 9.40 Å². The summed E-state index contributed by atoms with van der Waals surface area (Å²) in [5.41, 5.74) is 8.67. The Balaban J connectivity index is 1.57. The fourth-order valence-electron chi connectivity index (χ4n) is 4.68. The Morgan fingerprint density at radius 2 is 1.60 bits per heavy atom. The Labute approximate surface area is 235 Å². The summed E-state index contributed by atoms with van der Waals surface area (Å²) in [5, 5.41) is 3.71. The highest BCUT2D eigenvalue weighted by Crippen LogP contribution is 2.33. The highest BCUT2D eigenvalue weighted by molar-refractivity contribution is 6.10. The number of amides is 2. The van der Waals surface area contributed by atoms with Crippen LogP contribution in [0, 0.1) is 12.8 Å². The lowest BCUT2D eigenvalue weighted by Crippen LogP contribution is -2.43. The monoisotopic (exact) mass is 542 g/mol. The van der Waals surface area contributed by atoms with Crippen molar-refractivity contribution in [2.75, 3.05) is 23.3 Å². The third-order valence-corrected chi connectivity index (χ3v) is 6.84. The summed E-state index contributed by atoms with van der Waals surface area (Å²) in [6, 6.07) is 17.6. The molecule has 2 aromatic carbocycles. The number of aromatic nitrogens is 2. The van der Waals surface area contributed by atoms with E-state index in [1.165, 1.54) is 5.56 Å². The van der Waals surface area contributed by atoms with Gasteiger partial charge in [-0.3, -0.25) is 20.4 Å². The van der Waals surface area contributed by atoms with Crippen LogP contribution in [-0.4, -0.2) is 34.9 Å². The molecule has 4 rings (SSSR count). The van der Waals surface area contributed by atoms with E-state index in [-0.39, 0.29) is 11.5 Å². The maximum absolute atomic E-state index is 13.4. The Kier molecular flexibility index (Phi) is 9.04. The SMILES string of the molecule is CCN(CC)c1nc(Nc2ccccc2)nc2oc(C)c(C(=O)NNC(=O)C(C)c3ccc(CC(C)C)cc3)c12. The molecule has 0 spiro atoms. The molecule has 0 bridgehead atoms. The zero-order valence-corrected chi connectivity index (χ0v) is 24.0. The van der Waals surface area contributed by atoms with Crippen LogP contribution in [0.25, 0.3) is 11.1 Å². The van der Waals surface area contributed by atoms with Crippen LogP contribution >= 0.6 is 0 Å². The number of furan rings is 1. The maximum Gasteiger partial charge on any atom is 0.274 e. The lowest BCUT2D eigenvalue weighted by atomic mass is 9.96. The number of fused-ring (bicyclic) bond motifs is 1. The lowest BCUT2D eigenvalue weighted by molar-refractivity contribution is -0.123. The average molecular weight is 543 g/mol. The van der Waals surface area contributed by atoms with Crippen LogP contribution < -0.4 is 21.1 Å². The largest absolute Gasteiger partial charge is 0.442 e. The molecule has 0 aliphatic rings. The van der Waals surface area contributed by atoms with E-state index in [1.54, 1.807) is 6.92 Å². The second-order valence-electron chi connectivity index (χ2n) is 10.3. The standard InChI is InChI=1S/C31H38N6O3/c1-7-37(8-2)27-26-25(21(6)40-30(26)34-31(33-27)32-24-12-10-9-11-13-24)29(39)36-35-28(38)20(5)23-16-14-22(15-17-23)18-19(3)4/h9-17,19-20H,7-8,18H2,1-6H3,(H,35,38)(H,36,39)(H,32,33,34).